The number of nitrogens with zero attached hydrogens (tertiary/aromatic N) is 1. The van der Waals surface area contributed by atoms with Gasteiger partial charge in [-0.2, -0.15) is 0 Å². The molecule has 0 unspecified atom stereocenters. The van der Waals surface area contributed by atoms with Crippen LogP contribution in [0.15, 0.2) is 53.5 Å². The molecule has 0 bridgehead atoms. The Balaban J connectivity index is 1.49. The van der Waals surface area contributed by atoms with Crippen molar-refractivity contribution >= 4 is 28.9 Å². The maximum absolute atomic E-state index is 12.4. The molecule has 0 spiro atoms. The molecular formula is C21H21N3O2. The molecular weight excluding hydrogens is 326 g/mol. The van der Waals surface area contributed by atoms with Crippen LogP contribution in [0.4, 0.5) is 11.4 Å². The van der Waals surface area contributed by atoms with Gasteiger partial charge < -0.3 is 10.6 Å². The lowest BCUT2D eigenvalue weighted by Gasteiger charge is -2.22. The Hall–Kier alpha value is -2.95. The summed E-state index contributed by atoms with van der Waals surface area (Å²) in [5, 5.41) is 5.92. The van der Waals surface area contributed by atoms with E-state index in [9.17, 15) is 9.59 Å². The molecule has 0 aromatic heterocycles. The lowest BCUT2D eigenvalue weighted by atomic mass is 9.95. The number of para-hydroxylation sites is 1. The van der Waals surface area contributed by atoms with Gasteiger partial charge in [0.2, 0.25) is 0 Å². The third-order valence-electron chi connectivity index (χ3n) is 4.96. The summed E-state index contributed by atoms with van der Waals surface area (Å²) in [4.78, 5) is 29.0. The minimum Gasteiger partial charge on any atom is -0.349 e. The minimum absolute atomic E-state index is 0.0416. The van der Waals surface area contributed by atoms with Gasteiger partial charge in [0.25, 0.3) is 11.8 Å². The van der Waals surface area contributed by atoms with E-state index in [0.29, 0.717) is 17.0 Å². The summed E-state index contributed by atoms with van der Waals surface area (Å²) in [6, 6.07) is 14.8. The molecule has 0 radical (unpaired) electrons. The first-order valence-corrected chi connectivity index (χ1v) is 9.11. The molecule has 2 aliphatic rings. The van der Waals surface area contributed by atoms with Gasteiger partial charge in [0.15, 0.2) is 0 Å². The smallest absolute Gasteiger partial charge is 0.275 e. The summed E-state index contributed by atoms with van der Waals surface area (Å²) in [7, 11) is 0. The van der Waals surface area contributed by atoms with Gasteiger partial charge in [-0.1, -0.05) is 37.5 Å². The predicted octanol–water partition coefficient (Wildman–Crippen LogP) is 3.82. The Morgan fingerprint density at radius 3 is 2.50 bits per heavy atom. The zero-order valence-electron chi connectivity index (χ0n) is 14.5. The third-order valence-corrected chi connectivity index (χ3v) is 4.96. The van der Waals surface area contributed by atoms with Crippen molar-refractivity contribution in [3.63, 3.8) is 0 Å². The van der Waals surface area contributed by atoms with Gasteiger partial charge in [-0.05, 0) is 43.2 Å². The maximum Gasteiger partial charge on any atom is 0.275 e. The SMILES string of the molecule is O=C1Nc2ccccc2C1=Nc1ccc(C(=O)NC2CCCCC2)cc1. The zero-order chi connectivity index (χ0) is 17.9. The number of aliphatic imine (C=N–C) groups is 1. The van der Waals surface area contributed by atoms with E-state index in [1.807, 2.05) is 24.3 Å². The number of carbonyl (C=O) groups is 2. The van der Waals surface area contributed by atoms with E-state index >= 15 is 0 Å². The molecule has 2 N–H and O–H groups in total. The first-order chi connectivity index (χ1) is 12.7. The highest BCUT2D eigenvalue weighted by molar-refractivity contribution is 6.54. The van der Waals surface area contributed by atoms with E-state index in [1.54, 1.807) is 24.3 Å². The molecule has 5 nitrogen and oxygen atoms in total. The van der Waals surface area contributed by atoms with Crippen molar-refractivity contribution in [3.05, 3.63) is 59.7 Å². The van der Waals surface area contributed by atoms with Crippen molar-refractivity contribution < 1.29 is 9.59 Å². The van der Waals surface area contributed by atoms with Crippen LogP contribution in [0.25, 0.3) is 0 Å². The minimum atomic E-state index is -0.203. The van der Waals surface area contributed by atoms with Crippen molar-refractivity contribution in [2.24, 2.45) is 4.99 Å². The van der Waals surface area contributed by atoms with E-state index in [0.717, 1.165) is 24.1 Å². The molecule has 0 atom stereocenters. The number of carbonyl (C=O) groups excluding carboxylic acids is 2. The second-order valence-corrected chi connectivity index (χ2v) is 6.82. The first-order valence-electron chi connectivity index (χ1n) is 9.11. The number of hydrogen-bond acceptors (Lipinski definition) is 3. The van der Waals surface area contributed by atoms with Crippen molar-refractivity contribution in [3.8, 4) is 0 Å². The van der Waals surface area contributed by atoms with E-state index < -0.39 is 0 Å². The fraction of sp³-hybridized carbons (Fsp3) is 0.286. The van der Waals surface area contributed by atoms with Crippen LogP contribution < -0.4 is 10.6 Å². The van der Waals surface area contributed by atoms with E-state index in [4.69, 9.17) is 0 Å². The molecule has 5 heteroatoms. The molecule has 132 valence electrons. The average molecular weight is 347 g/mol. The Labute approximate surface area is 152 Å². The van der Waals surface area contributed by atoms with Gasteiger partial charge in [0.05, 0.1) is 11.4 Å². The molecule has 1 aliphatic heterocycles. The van der Waals surface area contributed by atoms with Crippen LogP contribution in [0, 0.1) is 0 Å². The van der Waals surface area contributed by atoms with Crippen LogP contribution in [0.5, 0.6) is 0 Å². The predicted molar refractivity (Wildman–Crippen MR) is 102 cm³/mol. The summed E-state index contributed by atoms with van der Waals surface area (Å²) in [5.41, 5.74) is 3.26. The molecule has 2 aromatic carbocycles. The monoisotopic (exact) mass is 347 g/mol. The Morgan fingerprint density at radius 2 is 1.73 bits per heavy atom. The number of rotatable bonds is 3. The summed E-state index contributed by atoms with van der Waals surface area (Å²) < 4.78 is 0. The number of fused-ring (bicyclic) bond motifs is 1. The molecule has 2 aromatic rings. The van der Waals surface area contributed by atoms with E-state index in [1.165, 1.54) is 19.3 Å². The van der Waals surface area contributed by atoms with Crippen molar-refractivity contribution in [1.82, 2.24) is 5.32 Å². The number of nitrogens with one attached hydrogen (secondary N) is 2. The molecule has 4 rings (SSSR count). The lowest BCUT2D eigenvalue weighted by molar-refractivity contribution is -0.110. The van der Waals surface area contributed by atoms with Gasteiger partial charge in [-0.3, -0.25) is 9.59 Å². The van der Waals surface area contributed by atoms with Gasteiger partial charge in [-0.25, -0.2) is 4.99 Å². The fourth-order valence-electron chi connectivity index (χ4n) is 3.55. The fourth-order valence-corrected chi connectivity index (χ4v) is 3.55. The van der Waals surface area contributed by atoms with Gasteiger partial charge >= 0.3 is 0 Å². The summed E-state index contributed by atoms with van der Waals surface area (Å²) in [6.45, 7) is 0. The van der Waals surface area contributed by atoms with Crippen LogP contribution in [0.2, 0.25) is 0 Å². The molecule has 1 fully saturated rings. The topological polar surface area (TPSA) is 70.6 Å². The van der Waals surface area contributed by atoms with Crippen molar-refractivity contribution in [2.45, 2.75) is 38.1 Å². The van der Waals surface area contributed by atoms with Crippen LogP contribution in [-0.2, 0) is 4.79 Å². The number of hydrogen-bond donors (Lipinski definition) is 2. The van der Waals surface area contributed by atoms with E-state index in [2.05, 4.69) is 15.6 Å². The maximum atomic E-state index is 12.4. The largest absolute Gasteiger partial charge is 0.349 e. The van der Waals surface area contributed by atoms with Gasteiger partial charge in [-0.15, -0.1) is 0 Å². The number of amides is 2. The third kappa shape index (κ3) is 3.38. The Kier molecular flexibility index (Phi) is 4.52. The highest BCUT2D eigenvalue weighted by Gasteiger charge is 2.25. The Bertz CT molecular complexity index is 865. The number of benzene rings is 2. The highest BCUT2D eigenvalue weighted by atomic mass is 16.2. The molecule has 26 heavy (non-hydrogen) atoms. The average Bonchev–Trinajstić information content (AvgIpc) is 2.98. The van der Waals surface area contributed by atoms with Crippen molar-refractivity contribution in [1.29, 1.82) is 0 Å². The molecule has 0 saturated heterocycles. The molecule has 1 heterocycles. The van der Waals surface area contributed by atoms with Crippen LogP contribution in [0.1, 0.15) is 48.0 Å². The second-order valence-electron chi connectivity index (χ2n) is 6.82. The molecule has 2 amide bonds. The van der Waals surface area contributed by atoms with Crippen LogP contribution in [0.3, 0.4) is 0 Å². The van der Waals surface area contributed by atoms with Gasteiger partial charge in [0, 0.05) is 17.2 Å². The van der Waals surface area contributed by atoms with Gasteiger partial charge in [0.1, 0.15) is 5.71 Å². The summed E-state index contributed by atoms with van der Waals surface area (Å²) >= 11 is 0. The summed E-state index contributed by atoms with van der Waals surface area (Å²) in [6.07, 6.45) is 5.76. The number of anilines is 1. The quantitative estimate of drug-likeness (QED) is 0.886. The van der Waals surface area contributed by atoms with E-state index in [-0.39, 0.29) is 17.9 Å². The lowest BCUT2D eigenvalue weighted by Crippen LogP contribution is -2.36. The standard InChI is InChI=1S/C21H21N3O2/c25-20(23-15-6-2-1-3-7-15)14-10-12-16(13-11-14)22-19-17-8-4-5-9-18(17)24-21(19)26/h4-5,8-13,15H,1-3,6-7H2,(H,23,25)(H,22,24,26). The first kappa shape index (κ1) is 16.5. The Morgan fingerprint density at radius 1 is 1.00 bits per heavy atom. The van der Waals surface area contributed by atoms with Crippen LogP contribution >= 0.6 is 0 Å². The molecule has 1 aliphatic carbocycles. The van der Waals surface area contributed by atoms with Crippen molar-refractivity contribution in [2.75, 3.05) is 5.32 Å². The second kappa shape index (κ2) is 7.12. The summed E-state index contributed by atoms with van der Waals surface area (Å²) in [5.74, 6) is -0.245. The molecule has 1 saturated carbocycles. The highest BCUT2D eigenvalue weighted by Crippen LogP contribution is 2.25. The van der Waals surface area contributed by atoms with Crippen LogP contribution in [-0.4, -0.2) is 23.6 Å². The normalized spacial score (nSPS) is 18.5. The zero-order valence-corrected chi connectivity index (χ0v) is 14.5.